The second-order valence-corrected chi connectivity index (χ2v) is 13.4. The zero-order valence-corrected chi connectivity index (χ0v) is 25.3. The molecule has 43 heavy (non-hydrogen) atoms. The van der Waals surface area contributed by atoms with Crippen molar-refractivity contribution >= 4 is 0 Å². The van der Waals surface area contributed by atoms with Gasteiger partial charge in [-0.2, -0.15) is 0 Å². The van der Waals surface area contributed by atoms with Crippen molar-refractivity contribution in [2.24, 2.45) is 5.41 Å². The van der Waals surface area contributed by atoms with E-state index in [1.165, 1.54) is 38.8 Å². The number of nitrogens with zero attached hydrogens (tertiary/aromatic N) is 1. The summed E-state index contributed by atoms with van der Waals surface area (Å²) in [5, 5.41) is 3.49. The van der Waals surface area contributed by atoms with Gasteiger partial charge in [0.15, 0.2) is 0 Å². The molecule has 1 saturated heterocycles. The number of hydrogen-bond acceptors (Lipinski definition) is 4. The molecule has 1 aliphatic carbocycles. The minimum absolute atomic E-state index is 0.0547. The van der Waals surface area contributed by atoms with Gasteiger partial charge in [-0.1, -0.05) is 36.4 Å². The summed E-state index contributed by atoms with van der Waals surface area (Å²) in [4.78, 5) is 1.86. The number of hydrogen-bond donors (Lipinski definition) is 1. The normalized spacial score (nSPS) is 24.5. The van der Waals surface area contributed by atoms with Crippen molar-refractivity contribution in [1.82, 2.24) is 10.2 Å². The van der Waals surface area contributed by atoms with E-state index in [9.17, 15) is 4.39 Å². The van der Waals surface area contributed by atoms with Crippen LogP contribution in [-0.2, 0) is 13.0 Å². The molecule has 230 valence electrons. The molecule has 2 heterocycles. The summed E-state index contributed by atoms with van der Waals surface area (Å²) < 4.78 is 59.2. The van der Waals surface area contributed by atoms with Crippen molar-refractivity contribution in [3.8, 4) is 11.5 Å². The van der Waals surface area contributed by atoms with E-state index in [0.717, 1.165) is 55.5 Å². The Bertz CT molecular complexity index is 1380. The maximum absolute atomic E-state index is 16.0. The Morgan fingerprint density at radius 2 is 1.74 bits per heavy atom. The molecule has 1 N–H and O–H groups in total. The van der Waals surface area contributed by atoms with Crippen molar-refractivity contribution in [3.63, 3.8) is 0 Å². The molecule has 2 fully saturated rings. The highest BCUT2D eigenvalue weighted by Gasteiger charge is 2.38. The molecule has 3 aliphatic rings. The quantitative estimate of drug-likeness (QED) is 0.288. The van der Waals surface area contributed by atoms with Crippen molar-refractivity contribution < 1.29 is 22.6 Å². The summed E-state index contributed by atoms with van der Waals surface area (Å²) in [6.07, 6.45) is 6.83. The first-order valence-corrected chi connectivity index (χ1v) is 15.8. The number of rotatable bonds is 8. The highest BCUT2D eigenvalue weighted by atomic mass is 19.1. The van der Waals surface area contributed by atoms with E-state index in [4.69, 9.17) is 9.47 Å². The number of halogens is 3. The zero-order valence-electron chi connectivity index (χ0n) is 25.3. The molecule has 2 aliphatic heterocycles. The van der Waals surface area contributed by atoms with E-state index >= 15 is 8.78 Å². The van der Waals surface area contributed by atoms with E-state index in [1.807, 2.05) is 53.4 Å². The van der Waals surface area contributed by atoms with Gasteiger partial charge in [0.25, 0.3) is 0 Å². The van der Waals surface area contributed by atoms with Gasteiger partial charge in [0.05, 0.1) is 12.1 Å². The topological polar surface area (TPSA) is 33.7 Å². The van der Waals surface area contributed by atoms with Gasteiger partial charge < -0.3 is 14.8 Å². The van der Waals surface area contributed by atoms with Crippen LogP contribution in [0.3, 0.4) is 0 Å². The van der Waals surface area contributed by atoms with E-state index in [2.05, 4.69) is 5.32 Å². The van der Waals surface area contributed by atoms with Crippen LogP contribution < -0.4 is 14.8 Å². The molecule has 0 aromatic heterocycles. The van der Waals surface area contributed by atoms with Gasteiger partial charge in [-0.25, -0.2) is 13.2 Å². The second kappa shape index (κ2) is 12.5. The van der Waals surface area contributed by atoms with Gasteiger partial charge in [0.1, 0.15) is 35.4 Å². The molecule has 3 aromatic carbocycles. The molecule has 7 heteroatoms. The van der Waals surface area contributed by atoms with Crippen LogP contribution in [0.15, 0.2) is 60.7 Å². The molecular weight excluding hydrogens is 549 g/mol. The second-order valence-electron chi connectivity index (χ2n) is 13.4. The third-order valence-electron chi connectivity index (χ3n) is 9.46. The lowest BCUT2D eigenvalue weighted by molar-refractivity contribution is 0.0970. The summed E-state index contributed by atoms with van der Waals surface area (Å²) in [6.45, 7) is 6.07. The Kier molecular flexibility index (Phi) is 8.74. The zero-order chi connectivity index (χ0) is 30.0. The Morgan fingerprint density at radius 3 is 2.47 bits per heavy atom. The number of nitrogens with one attached hydrogen (secondary N) is 1. The third-order valence-corrected chi connectivity index (χ3v) is 9.46. The molecule has 6 rings (SSSR count). The van der Waals surface area contributed by atoms with Gasteiger partial charge in [-0.05, 0) is 99.6 Å². The molecule has 3 aromatic rings. The highest BCUT2D eigenvalue weighted by Crippen LogP contribution is 2.43. The number of benzene rings is 3. The summed E-state index contributed by atoms with van der Waals surface area (Å²) >= 11 is 0. The van der Waals surface area contributed by atoms with Crippen molar-refractivity contribution in [3.05, 3.63) is 94.6 Å². The average Bonchev–Trinajstić information content (AvgIpc) is 3.34. The van der Waals surface area contributed by atoms with E-state index in [-0.39, 0.29) is 24.0 Å². The van der Waals surface area contributed by atoms with Crippen LogP contribution in [0.4, 0.5) is 13.2 Å². The fourth-order valence-corrected chi connectivity index (χ4v) is 7.34. The van der Waals surface area contributed by atoms with Gasteiger partial charge >= 0.3 is 0 Å². The molecule has 0 bridgehead atoms. The van der Waals surface area contributed by atoms with Gasteiger partial charge in [0, 0.05) is 37.3 Å². The number of alkyl halides is 1. The number of ether oxygens (including phenoxy) is 2. The minimum atomic E-state index is -1.53. The monoisotopic (exact) mass is 592 g/mol. The standard InChI is InChI=1S/C36H43F3N2O2/c1-35(2,39)24-41-18-13-26-19-28(42-22-25-7-4-3-5-8-25)10-11-30(26)34(41)33-31(37)20-29(21-32(33)38)43-27-9-6-14-36(15-12-27)16-17-40-23-36/h3-5,7-8,10-11,19-21,27,34,40H,6,9,12-18,22-24H2,1-2H3. The summed E-state index contributed by atoms with van der Waals surface area (Å²) in [7, 11) is 0. The largest absolute Gasteiger partial charge is 0.490 e. The summed E-state index contributed by atoms with van der Waals surface area (Å²) in [5.41, 5.74) is 1.53. The van der Waals surface area contributed by atoms with Crippen LogP contribution in [0, 0.1) is 17.0 Å². The van der Waals surface area contributed by atoms with Crippen LogP contribution in [0.2, 0.25) is 0 Å². The lowest BCUT2D eigenvalue weighted by Gasteiger charge is -2.40. The molecule has 0 radical (unpaired) electrons. The molecule has 1 saturated carbocycles. The first-order valence-electron chi connectivity index (χ1n) is 15.8. The fourth-order valence-electron chi connectivity index (χ4n) is 7.34. The van der Waals surface area contributed by atoms with Crippen LogP contribution in [0.25, 0.3) is 0 Å². The summed E-state index contributed by atoms with van der Waals surface area (Å²) in [5.74, 6) is -0.404. The van der Waals surface area contributed by atoms with Crippen LogP contribution >= 0.6 is 0 Å². The fraction of sp³-hybridized carbons (Fsp3) is 0.500. The van der Waals surface area contributed by atoms with Crippen molar-refractivity contribution in [2.75, 3.05) is 26.2 Å². The van der Waals surface area contributed by atoms with Crippen LogP contribution in [0.5, 0.6) is 11.5 Å². The van der Waals surface area contributed by atoms with E-state index in [0.29, 0.717) is 30.7 Å². The van der Waals surface area contributed by atoms with E-state index < -0.39 is 23.3 Å². The molecule has 1 spiro atoms. The predicted molar refractivity (Wildman–Crippen MR) is 163 cm³/mol. The Labute approximate surface area is 253 Å². The predicted octanol–water partition coefficient (Wildman–Crippen LogP) is 7.93. The van der Waals surface area contributed by atoms with Gasteiger partial charge in [0.2, 0.25) is 0 Å². The smallest absolute Gasteiger partial charge is 0.134 e. The minimum Gasteiger partial charge on any atom is -0.490 e. The lowest BCUT2D eigenvalue weighted by Crippen LogP contribution is -2.43. The van der Waals surface area contributed by atoms with Crippen molar-refractivity contribution in [2.45, 2.75) is 83.2 Å². The Hall–Kier alpha value is -3.03. The number of fused-ring (bicyclic) bond motifs is 1. The Balaban J connectivity index is 1.25. The molecule has 3 unspecified atom stereocenters. The van der Waals surface area contributed by atoms with Gasteiger partial charge in [-0.3, -0.25) is 4.90 Å². The highest BCUT2D eigenvalue weighted by molar-refractivity contribution is 5.46. The van der Waals surface area contributed by atoms with Crippen LogP contribution in [-0.4, -0.2) is 42.9 Å². The molecular formula is C36H43F3N2O2. The molecule has 0 amide bonds. The first-order chi connectivity index (χ1) is 20.7. The maximum Gasteiger partial charge on any atom is 0.134 e. The first kappa shape index (κ1) is 30.0. The van der Waals surface area contributed by atoms with Gasteiger partial charge in [-0.15, -0.1) is 0 Å². The SMILES string of the molecule is CC(C)(F)CN1CCc2cc(OCc3ccccc3)ccc2C1c1c(F)cc(OC2CCCC3(CCNC3)CC2)cc1F. The molecule has 4 nitrogen and oxygen atoms in total. The lowest BCUT2D eigenvalue weighted by atomic mass is 9.80. The van der Waals surface area contributed by atoms with Crippen LogP contribution in [0.1, 0.15) is 80.7 Å². The van der Waals surface area contributed by atoms with E-state index in [1.54, 1.807) is 0 Å². The summed E-state index contributed by atoms with van der Waals surface area (Å²) in [6, 6.07) is 17.5. The maximum atomic E-state index is 16.0. The molecule has 3 atom stereocenters. The third kappa shape index (κ3) is 7.04. The van der Waals surface area contributed by atoms with Crippen molar-refractivity contribution in [1.29, 1.82) is 0 Å². The Morgan fingerprint density at radius 1 is 0.953 bits per heavy atom. The average molecular weight is 593 g/mol.